The highest BCUT2D eigenvalue weighted by atomic mass is 32.1. The summed E-state index contributed by atoms with van der Waals surface area (Å²) in [4.78, 5) is 26.4. The van der Waals surface area contributed by atoms with Crippen molar-refractivity contribution < 1.29 is 4.79 Å². The Bertz CT molecular complexity index is 723. The van der Waals surface area contributed by atoms with Crippen LogP contribution in [0.3, 0.4) is 0 Å². The van der Waals surface area contributed by atoms with Gasteiger partial charge in [0.1, 0.15) is 5.00 Å². The molecule has 0 unspecified atom stereocenters. The van der Waals surface area contributed by atoms with E-state index in [-0.39, 0.29) is 23.6 Å². The average Bonchev–Trinajstić information content (AvgIpc) is 3.12. The van der Waals surface area contributed by atoms with Gasteiger partial charge in [0.15, 0.2) is 0 Å². The molecule has 1 saturated carbocycles. The third kappa shape index (κ3) is 2.37. The summed E-state index contributed by atoms with van der Waals surface area (Å²) in [7, 11) is 0. The molecular weight excluding hydrogens is 302 g/mol. The summed E-state index contributed by atoms with van der Waals surface area (Å²) < 4.78 is 2.81. The summed E-state index contributed by atoms with van der Waals surface area (Å²) in [5.41, 5.74) is -0.200. The van der Waals surface area contributed by atoms with Crippen LogP contribution in [0, 0.1) is 5.92 Å². The molecular formula is C14H17N5O2S. The van der Waals surface area contributed by atoms with Crippen LogP contribution in [0.5, 0.6) is 0 Å². The molecule has 1 amide bonds. The predicted octanol–water partition coefficient (Wildman–Crippen LogP) is 1.06. The van der Waals surface area contributed by atoms with Crippen LogP contribution < -0.4 is 5.69 Å². The molecule has 0 N–H and O–H groups in total. The van der Waals surface area contributed by atoms with E-state index in [0.29, 0.717) is 13.1 Å². The van der Waals surface area contributed by atoms with Crippen LogP contribution in [0.1, 0.15) is 31.7 Å². The number of likely N-dealkylation sites (tertiary alicyclic amines) is 1. The molecule has 0 spiro atoms. The first kappa shape index (κ1) is 13.7. The number of thiophene rings is 1. The minimum atomic E-state index is -0.200. The van der Waals surface area contributed by atoms with Crippen molar-refractivity contribution >= 4 is 17.2 Å². The largest absolute Gasteiger partial charge is 0.369 e. The van der Waals surface area contributed by atoms with E-state index in [4.69, 9.17) is 0 Å². The number of hydrogen-bond acceptors (Lipinski definition) is 5. The second-order valence-corrected chi connectivity index (χ2v) is 6.83. The highest BCUT2D eigenvalue weighted by molar-refractivity contribution is 7.12. The number of tetrazole rings is 1. The molecule has 2 aromatic rings. The molecule has 2 aliphatic rings. The highest BCUT2D eigenvalue weighted by Gasteiger charge is 2.35. The van der Waals surface area contributed by atoms with Crippen molar-refractivity contribution in [1.29, 1.82) is 0 Å². The monoisotopic (exact) mass is 319 g/mol. The Labute approximate surface area is 131 Å². The number of aromatic nitrogens is 4. The van der Waals surface area contributed by atoms with E-state index < -0.39 is 0 Å². The van der Waals surface area contributed by atoms with Crippen LogP contribution in [0.15, 0.2) is 22.3 Å². The van der Waals surface area contributed by atoms with Crippen LogP contribution in [0.4, 0.5) is 0 Å². The summed E-state index contributed by atoms with van der Waals surface area (Å²) in [5, 5.41) is 10.7. The Morgan fingerprint density at radius 2 is 1.95 bits per heavy atom. The molecule has 4 rings (SSSR count). The third-order valence-corrected chi connectivity index (χ3v) is 5.21. The molecule has 1 aliphatic carbocycles. The highest BCUT2D eigenvalue weighted by Crippen LogP contribution is 2.32. The van der Waals surface area contributed by atoms with Crippen LogP contribution in [0.2, 0.25) is 0 Å². The van der Waals surface area contributed by atoms with Gasteiger partial charge in [0, 0.05) is 19.0 Å². The Morgan fingerprint density at radius 1 is 1.18 bits per heavy atom. The smallest absolute Gasteiger partial charge is 0.342 e. The lowest BCUT2D eigenvalue weighted by Crippen LogP contribution is -2.41. The molecule has 3 heterocycles. The molecule has 7 nitrogen and oxygen atoms in total. The Balaban J connectivity index is 1.48. The topological polar surface area (TPSA) is 73.0 Å². The first-order valence-corrected chi connectivity index (χ1v) is 8.49. The van der Waals surface area contributed by atoms with Gasteiger partial charge in [-0.2, -0.15) is 9.36 Å². The summed E-state index contributed by atoms with van der Waals surface area (Å²) in [6.45, 7) is 1.41. The van der Waals surface area contributed by atoms with Gasteiger partial charge in [-0.15, -0.1) is 11.3 Å². The van der Waals surface area contributed by atoms with E-state index in [1.807, 2.05) is 22.4 Å². The first-order chi connectivity index (χ1) is 10.7. The van der Waals surface area contributed by atoms with E-state index in [1.165, 1.54) is 20.7 Å². The zero-order valence-corrected chi connectivity index (χ0v) is 12.9. The normalized spacial score (nSPS) is 19.5. The minimum absolute atomic E-state index is 0.0319. The molecule has 0 atom stereocenters. The third-order valence-electron chi connectivity index (χ3n) is 4.37. The zero-order chi connectivity index (χ0) is 15.1. The van der Waals surface area contributed by atoms with Gasteiger partial charge in [-0.25, -0.2) is 4.79 Å². The zero-order valence-electron chi connectivity index (χ0n) is 12.1. The van der Waals surface area contributed by atoms with Crippen LogP contribution >= 0.6 is 11.3 Å². The van der Waals surface area contributed by atoms with Crippen LogP contribution in [-0.4, -0.2) is 43.7 Å². The van der Waals surface area contributed by atoms with Gasteiger partial charge in [-0.3, -0.25) is 4.79 Å². The van der Waals surface area contributed by atoms with Crippen molar-refractivity contribution in [3.05, 3.63) is 28.0 Å². The van der Waals surface area contributed by atoms with E-state index in [9.17, 15) is 9.59 Å². The van der Waals surface area contributed by atoms with Gasteiger partial charge in [0.05, 0.1) is 6.04 Å². The molecule has 0 aromatic carbocycles. The lowest BCUT2D eigenvalue weighted by molar-refractivity contribution is -0.133. The quantitative estimate of drug-likeness (QED) is 0.848. The van der Waals surface area contributed by atoms with Crippen LogP contribution in [-0.2, 0) is 4.79 Å². The predicted molar refractivity (Wildman–Crippen MR) is 81.1 cm³/mol. The van der Waals surface area contributed by atoms with Gasteiger partial charge in [-0.05, 0) is 53.6 Å². The fourth-order valence-corrected chi connectivity index (χ4v) is 3.60. The van der Waals surface area contributed by atoms with E-state index in [1.54, 1.807) is 0 Å². The van der Waals surface area contributed by atoms with Gasteiger partial charge in [-0.1, -0.05) is 0 Å². The summed E-state index contributed by atoms with van der Waals surface area (Å²) in [6.07, 6.45) is 3.60. The lowest BCUT2D eigenvalue weighted by Gasteiger charge is -2.31. The number of hydrogen-bond donors (Lipinski definition) is 0. The number of rotatable bonds is 3. The second-order valence-electron chi connectivity index (χ2n) is 5.90. The minimum Gasteiger partial charge on any atom is -0.342 e. The van der Waals surface area contributed by atoms with E-state index in [0.717, 1.165) is 30.7 Å². The Hall–Kier alpha value is -1.96. The van der Waals surface area contributed by atoms with Crippen molar-refractivity contribution in [3.63, 3.8) is 0 Å². The number of piperidine rings is 1. The van der Waals surface area contributed by atoms with Crippen LogP contribution in [0.25, 0.3) is 5.00 Å². The van der Waals surface area contributed by atoms with E-state index in [2.05, 4.69) is 10.4 Å². The van der Waals surface area contributed by atoms with Gasteiger partial charge >= 0.3 is 5.69 Å². The fraction of sp³-hybridized carbons (Fsp3) is 0.571. The van der Waals surface area contributed by atoms with E-state index >= 15 is 0 Å². The maximum atomic E-state index is 12.4. The van der Waals surface area contributed by atoms with Gasteiger partial charge in [0.25, 0.3) is 0 Å². The molecule has 1 aliphatic heterocycles. The Morgan fingerprint density at radius 3 is 2.59 bits per heavy atom. The summed E-state index contributed by atoms with van der Waals surface area (Å²) in [6, 6.07) is 3.76. The number of carbonyl (C=O) groups is 1. The number of nitrogens with zero attached hydrogens (tertiary/aromatic N) is 5. The van der Waals surface area contributed by atoms with Gasteiger partial charge < -0.3 is 4.90 Å². The first-order valence-electron chi connectivity index (χ1n) is 7.61. The maximum Gasteiger partial charge on any atom is 0.369 e. The molecule has 116 valence electrons. The molecule has 0 radical (unpaired) electrons. The Kier molecular flexibility index (Phi) is 3.33. The molecule has 2 fully saturated rings. The molecule has 2 aromatic heterocycles. The lowest BCUT2D eigenvalue weighted by atomic mass is 10.0. The second kappa shape index (κ2) is 5.35. The van der Waals surface area contributed by atoms with Crippen molar-refractivity contribution in [2.45, 2.75) is 31.7 Å². The van der Waals surface area contributed by atoms with Gasteiger partial charge in [0.2, 0.25) is 5.91 Å². The molecule has 1 saturated heterocycles. The molecule has 22 heavy (non-hydrogen) atoms. The van der Waals surface area contributed by atoms with Crippen molar-refractivity contribution in [2.75, 3.05) is 13.1 Å². The van der Waals surface area contributed by atoms with Crippen molar-refractivity contribution in [1.82, 2.24) is 24.7 Å². The average molecular weight is 319 g/mol. The fourth-order valence-electron chi connectivity index (χ4n) is 2.93. The molecule has 0 bridgehead atoms. The number of amides is 1. The summed E-state index contributed by atoms with van der Waals surface area (Å²) >= 11 is 1.46. The molecule has 8 heteroatoms. The standard InChI is InChI=1S/C14H17N5O2S/c20-13(10-3-4-10)17-7-5-11(6-8-17)18-14(21)19(16-15-18)12-2-1-9-22-12/h1-2,9-11H,3-8H2. The number of carbonyl (C=O) groups excluding carboxylic acids is 1. The maximum absolute atomic E-state index is 12.4. The summed E-state index contributed by atoms with van der Waals surface area (Å²) in [5.74, 6) is 0.548. The SMILES string of the molecule is O=C(C1CC1)N1CCC(n2nnn(-c3cccs3)c2=O)CC1. The van der Waals surface area contributed by atoms with Crippen molar-refractivity contribution in [2.24, 2.45) is 5.92 Å². The van der Waals surface area contributed by atoms with Crippen molar-refractivity contribution in [3.8, 4) is 5.00 Å².